The quantitative estimate of drug-likeness (QED) is 0.267. The number of unbranched alkanes of at least 4 members (excludes halogenated alkanes) is 2. The maximum Gasteiger partial charge on any atom is 0.499 e. The largest absolute Gasteiger partial charge is 0.499 e. The number of benzene rings is 1. The van der Waals surface area contributed by atoms with Crippen LogP contribution in [-0.4, -0.2) is 31.8 Å². The van der Waals surface area contributed by atoms with Gasteiger partial charge in [0.05, 0.1) is 10.6 Å². The minimum absolute atomic E-state index is 0.293. The zero-order valence-corrected chi connectivity index (χ0v) is 13.7. The minimum atomic E-state index is -4.41. The highest BCUT2D eigenvalue weighted by Crippen LogP contribution is 2.18. The van der Waals surface area contributed by atoms with Gasteiger partial charge in [-0.05, 0) is 30.7 Å². The maximum atomic E-state index is 12.2. The van der Waals surface area contributed by atoms with Crippen molar-refractivity contribution in [2.24, 2.45) is 0 Å². The number of halogens is 1. The molecule has 1 rings (SSSR count). The van der Waals surface area contributed by atoms with Crippen LogP contribution in [0.2, 0.25) is 5.02 Å². The van der Waals surface area contributed by atoms with Crippen molar-refractivity contribution in [2.45, 2.75) is 31.1 Å². The SMILES string of the molecule is CCCCCS(=O)(=O)C(=[N+]=[N-])S(=O)(=O)c1ccc(Cl)cc1. The molecule has 6 nitrogen and oxygen atoms in total. The molecular formula is C12H15ClN2O4S2. The second-order valence-electron chi connectivity index (χ2n) is 4.35. The van der Waals surface area contributed by atoms with Crippen molar-refractivity contribution in [3.8, 4) is 0 Å². The molecule has 0 aromatic heterocycles. The molecule has 0 aliphatic carbocycles. The summed E-state index contributed by atoms with van der Waals surface area (Å²) in [6.07, 6.45) is 1.72. The lowest BCUT2D eigenvalue weighted by Crippen LogP contribution is -2.28. The van der Waals surface area contributed by atoms with Gasteiger partial charge in [-0.3, -0.25) is 0 Å². The van der Waals surface area contributed by atoms with E-state index in [0.29, 0.717) is 17.9 Å². The van der Waals surface area contributed by atoms with Crippen LogP contribution in [0.15, 0.2) is 29.2 Å². The van der Waals surface area contributed by atoms with Gasteiger partial charge < -0.3 is 5.53 Å². The molecule has 116 valence electrons. The van der Waals surface area contributed by atoms with E-state index in [4.69, 9.17) is 17.1 Å². The fourth-order valence-electron chi connectivity index (χ4n) is 1.63. The molecule has 0 fully saturated rings. The van der Waals surface area contributed by atoms with Crippen LogP contribution in [0.25, 0.3) is 5.53 Å². The molecule has 0 aliphatic rings. The average Bonchev–Trinajstić information content (AvgIpc) is 2.39. The Kier molecular flexibility index (Phi) is 6.10. The summed E-state index contributed by atoms with van der Waals surface area (Å²) in [5.74, 6) is -0.382. The Labute approximate surface area is 129 Å². The lowest BCUT2D eigenvalue weighted by molar-refractivity contribution is 0.00380. The highest BCUT2D eigenvalue weighted by molar-refractivity contribution is 8.31. The number of rotatable bonds is 5. The zero-order valence-electron chi connectivity index (χ0n) is 11.4. The van der Waals surface area contributed by atoms with Gasteiger partial charge in [0, 0.05) is 5.02 Å². The Morgan fingerprint density at radius 2 is 1.71 bits per heavy atom. The molecule has 1 aromatic rings. The topological polar surface area (TPSA) is 105 Å². The van der Waals surface area contributed by atoms with Crippen molar-refractivity contribution in [2.75, 3.05) is 5.75 Å². The van der Waals surface area contributed by atoms with Gasteiger partial charge in [-0.15, -0.1) is 4.79 Å². The second kappa shape index (κ2) is 7.17. The summed E-state index contributed by atoms with van der Waals surface area (Å²) in [5.41, 5.74) is 8.87. The van der Waals surface area contributed by atoms with Crippen LogP contribution in [0.3, 0.4) is 0 Å². The van der Waals surface area contributed by atoms with E-state index in [9.17, 15) is 16.8 Å². The first-order valence-corrected chi connectivity index (χ1v) is 9.72. The van der Waals surface area contributed by atoms with E-state index in [2.05, 4.69) is 4.79 Å². The number of sulfone groups is 2. The van der Waals surface area contributed by atoms with Crippen molar-refractivity contribution in [3.63, 3.8) is 0 Å². The second-order valence-corrected chi connectivity index (χ2v) is 8.93. The Morgan fingerprint density at radius 3 is 2.19 bits per heavy atom. The van der Waals surface area contributed by atoms with Crippen LogP contribution in [0.5, 0.6) is 0 Å². The lowest BCUT2D eigenvalue weighted by Gasteiger charge is -2.02. The third-order valence-corrected chi connectivity index (χ3v) is 7.26. The number of hydrogen-bond acceptors (Lipinski definition) is 4. The first-order valence-electron chi connectivity index (χ1n) is 6.21. The molecule has 0 amide bonds. The highest BCUT2D eigenvalue weighted by atomic mass is 35.5. The first kappa shape index (κ1) is 17.8. The normalized spacial score (nSPS) is 11.9. The molecule has 0 saturated heterocycles. The summed E-state index contributed by atoms with van der Waals surface area (Å²) in [7, 11) is -8.59. The highest BCUT2D eigenvalue weighted by Gasteiger charge is 2.42. The lowest BCUT2D eigenvalue weighted by atomic mass is 10.3. The van der Waals surface area contributed by atoms with Gasteiger partial charge in [0.25, 0.3) is 19.7 Å². The summed E-state index contributed by atoms with van der Waals surface area (Å²) >= 11 is 5.66. The summed E-state index contributed by atoms with van der Waals surface area (Å²) in [5, 5.41) is 0.308. The van der Waals surface area contributed by atoms with Crippen LogP contribution < -0.4 is 0 Å². The molecule has 0 N–H and O–H groups in total. The van der Waals surface area contributed by atoms with E-state index in [0.717, 1.165) is 18.6 Å². The molecule has 1 aromatic carbocycles. The maximum absolute atomic E-state index is 12.2. The van der Waals surface area contributed by atoms with Crippen molar-refractivity contribution in [1.82, 2.24) is 0 Å². The Morgan fingerprint density at radius 1 is 1.14 bits per heavy atom. The summed E-state index contributed by atoms with van der Waals surface area (Å²) in [6.45, 7) is 1.89. The molecule has 0 spiro atoms. The van der Waals surface area contributed by atoms with Crippen molar-refractivity contribution >= 4 is 35.7 Å². The molecule has 0 atom stereocenters. The van der Waals surface area contributed by atoms with Crippen molar-refractivity contribution in [1.29, 1.82) is 0 Å². The Hall–Kier alpha value is -1.21. The smallest absolute Gasteiger partial charge is 0.359 e. The van der Waals surface area contributed by atoms with E-state index < -0.39 is 24.1 Å². The van der Waals surface area contributed by atoms with Gasteiger partial charge in [-0.1, -0.05) is 31.4 Å². The third kappa shape index (κ3) is 4.38. The van der Waals surface area contributed by atoms with Crippen LogP contribution >= 0.6 is 11.6 Å². The molecule has 9 heteroatoms. The summed E-state index contributed by atoms with van der Waals surface area (Å²) in [6, 6.07) is 4.94. The van der Waals surface area contributed by atoms with E-state index in [1.807, 2.05) is 6.92 Å². The van der Waals surface area contributed by atoms with Gasteiger partial charge >= 0.3 is 4.38 Å². The fourth-order valence-corrected chi connectivity index (χ4v) is 5.32. The Balaban J connectivity index is 3.21. The monoisotopic (exact) mass is 350 g/mol. The van der Waals surface area contributed by atoms with Crippen LogP contribution in [-0.2, 0) is 19.7 Å². The minimum Gasteiger partial charge on any atom is -0.359 e. The molecule has 0 radical (unpaired) electrons. The Bertz CT molecular complexity index is 749. The van der Waals surface area contributed by atoms with Gasteiger partial charge in [0.1, 0.15) is 0 Å². The fraction of sp³-hybridized carbons (Fsp3) is 0.417. The van der Waals surface area contributed by atoms with Gasteiger partial charge in [0.2, 0.25) is 0 Å². The molecule has 0 saturated carbocycles. The van der Waals surface area contributed by atoms with E-state index in [1.54, 1.807) is 0 Å². The average molecular weight is 351 g/mol. The number of nitrogens with zero attached hydrogens (tertiary/aromatic N) is 2. The molecular weight excluding hydrogens is 336 g/mol. The molecule has 0 aliphatic heterocycles. The van der Waals surface area contributed by atoms with E-state index >= 15 is 0 Å². The third-order valence-electron chi connectivity index (χ3n) is 2.72. The van der Waals surface area contributed by atoms with Gasteiger partial charge in [-0.2, -0.15) is 0 Å². The van der Waals surface area contributed by atoms with Crippen LogP contribution in [0.4, 0.5) is 0 Å². The van der Waals surface area contributed by atoms with Crippen LogP contribution in [0.1, 0.15) is 26.2 Å². The molecule has 0 heterocycles. The van der Waals surface area contributed by atoms with Crippen LogP contribution in [0, 0.1) is 0 Å². The number of hydrogen-bond donors (Lipinski definition) is 0. The zero-order chi connectivity index (χ0) is 16.1. The van der Waals surface area contributed by atoms with Crippen molar-refractivity contribution < 1.29 is 21.6 Å². The molecule has 21 heavy (non-hydrogen) atoms. The summed E-state index contributed by atoms with van der Waals surface area (Å²) in [4.78, 5) is 2.22. The standard InChI is InChI=1S/C12H15ClN2O4S2/c1-2-3-4-9-20(16,17)12(15-14)21(18,19)11-7-5-10(13)6-8-11/h5-8H,2-4,9H2,1H3. The predicted molar refractivity (Wildman–Crippen MR) is 80.6 cm³/mol. The van der Waals surface area contributed by atoms with Gasteiger partial charge in [0.15, 0.2) is 0 Å². The predicted octanol–water partition coefficient (Wildman–Crippen LogP) is 2.30. The summed E-state index contributed by atoms with van der Waals surface area (Å²) < 4.78 is 47.3. The van der Waals surface area contributed by atoms with E-state index in [1.165, 1.54) is 12.1 Å². The molecule has 0 unspecified atom stereocenters. The van der Waals surface area contributed by atoms with Gasteiger partial charge in [-0.25, -0.2) is 16.8 Å². The first-order chi connectivity index (χ1) is 9.75. The van der Waals surface area contributed by atoms with E-state index in [-0.39, 0.29) is 10.6 Å². The van der Waals surface area contributed by atoms with Crippen molar-refractivity contribution in [3.05, 3.63) is 34.8 Å². The molecule has 0 bridgehead atoms.